The maximum Gasteiger partial charge on any atom is 0.331 e. The summed E-state index contributed by atoms with van der Waals surface area (Å²) in [6.07, 6.45) is 0. The van der Waals surface area contributed by atoms with Gasteiger partial charge in [-0.2, -0.15) is 0 Å². The van der Waals surface area contributed by atoms with E-state index in [2.05, 4.69) is 9.97 Å². The SMILES string of the molecule is COCc1nc(C)cc(N2CCOCC2C(=O)OC(C)(C)C)n1. The van der Waals surface area contributed by atoms with Gasteiger partial charge in [-0.05, 0) is 27.7 Å². The Morgan fingerprint density at radius 2 is 2.17 bits per heavy atom. The molecule has 1 aliphatic heterocycles. The molecule has 0 saturated carbocycles. The van der Waals surface area contributed by atoms with E-state index in [4.69, 9.17) is 14.2 Å². The van der Waals surface area contributed by atoms with Gasteiger partial charge < -0.3 is 19.1 Å². The van der Waals surface area contributed by atoms with Crippen LogP contribution in [0.15, 0.2) is 6.07 Å². The van der Waals surface area contributed by atoms with Crippen molar-refractivity contribution in [3.8, 4) is 0 Å². The van der Waals surface area contributed by atoms with Crippen LogP contribution in [0.3, 0.4) is 0 Å². The quantitative estimate of drug-likeness (QED) is 0.777. The van der Waals surface area contributed by atoms with E-state index in [-0.39, 0.29) is 12.6 Å². The molecule has 1 aliphatic rings. The predicted molar refractivity (Wildman–Crippen MR) is 85.3 cm³/mol. The normalized spacial score (nSPS) is 18.8. The second kappa shape index (κ2) is 7.23. The topological polar surface area (TPSA) is 73.8 Å². The third-order valence-corrected chi connectivity index (χ3v) is 3.26. The molecule has 0 aromatic carbocycles. The molecular weight excluding hydrogens is 298 g/mol. The van der Waals surface area contributed by atoms with E-state index in [1.807, 2.05) is 38.7 Å². The first-order chi connectivity index (χ1) is 10.8. The minimum atomic E-state index is -0.539. The Balaban J connectivity index is 2.26. The highest BCUT2D eigenvalue weighted by atomic mass is 16.6. The number of aromatic nitrogens is 2. The van der Waals surface area contributed by atoms with Gasteiger partial charge in [0.2, 0.25) is 0 Å². The highest BCUT2D eigenvalue weighted by molar-refractivity contribution is 5.80. The Morgan fingerprint density at radius 3 is 2.83 bits per heavy atom. The van der Waals surface area contributed by atoms with Crippen molar-refractivity contribution in [1.82, 2.24) is 9.97 Å². The zero-order valence-electron chi connectivity index (χ0n) is 14.5. The average molecular weight is 323 g/mol. The van der Waals surface area contributed by atoms with Crippen LogP contribution >= 0.6 is 0 Å². The number of hydrogen-bond donors (Lipinski definition) is 0. The van der Waals surface area contributed by atoms with E-state index < -0.39 is 11.6 Å². The summed E-state index contributed by atoms with van der Waals surface area (Å²) >= 11 is 0. The van der Waals surface area contributed by atoms with E-state index in [0.717, 1.165) is 5.69 Å². The maximum atomic E-state index is 12.5. The lowest BCUT2D eigenvalue weighted by atomic mass is 10.1. The lowest BCUT2D eigenvalue weighted by Gasteiger charge is -2.36. The van der Waals surface area contributed by atoms with Crippen molar-refractivity contribution in [3.05, 3.63) is 17.6 Å². The van der Waals surface area contributed by atoms with Gasteiger partial charge >= 0.3 is 5.97 Å². The van der Waals surface area contributed by atoms with Crippen LogP contribution in [0.25, 0.3) is 0 Å². The van der Waals surface area contributed by atoms with Crippen molar-refractivity contribution < 1.29 is 19.0 Å². The number of esters is 1. The summed E-state index contributed by atoms with van der Waals surface area (Å²) in [5.41, 5.74) is 0.291. The molecule has 0 N–H and O–H groups in total. The fourth-order valence-electron chi connectivity index (χ4n) is 2.40. The highest BCUT2D eigenvalue weighted by Crippen LogP contribution is 2.21. The summed E-state index contributed by atoms with van der Waals surface area (Å²) in [6, 6.07) is 1.36. The van der Waals surface area contributed by atoms with Gasteiger partial charge in [0.25, 0.3) is 0 Å². The van der Waals surface area contributed by atoms with Gasteiger partial charge in [0.05, 0.1) is 13.2 Å². The molecule has 1 unspecified atom stereocenters. The van der Waals surface area contributed by atoms with Crippen LogP contribution in [-0.4, -0.2) is 54.4 Å². The summed E-state index contributed by atoms with van der Waals surface area (Å²) in [7, 11) is 1.60. The molecule has 7 heteroatoms. The summed E-state index contributed by atoms with van der Waals surface area (Å²) in [6.45, 7) is 9.19. The number of rotatable bonds is 4. The molecule has 0 amide bonds. The Morgan fingerprint density at radius 1 is 1.43 bits per heavy atom. The summed E-state index contributed by atoms with van der Waals surface area (Å²) in [5, 5.41) is 0. The fourth-order valence-corrected chi connectivity index (χ4v) is 2.40. The van der Waals surface area contributed by atoms with Gasteiger partial charge in [0, 0.05) is 25.4 Å². The number of nitrogens with zero attached hydrogens (tertiary/aromatic N) is 3. The van der Waals surface area contributed by atoms with E-state index in [9.17, 15) is 4.79 Å². The van der Waals surface area contributed by atoms with E-state index in [1.165, 1.54) is 0 Å². The van der Waals surface area contributed by atoms with Gasteiger partial charge in [0.1, 0.15) is 18.0 Å². The summed E-state index contributed by atoms with van der Waals surface area (Å²) in [4.78, 5) is 23.2. The first kappa shape index (κ1) is 17.6. The Hall–Kier alpha value is -1.73. The van der Waals surface area contributed by atoms with Gasteiger partial charge in [-0.1, -0.05) is 0 Å². The number of carbonyl (C=O) groups is 1. The second-order valence-electron chi connectivity index (χ2n) is 6.53. The molecule has 0 spiro atoms. The largest absolute Gasteiger partial charge is 0.458 e. The van der Waals surface area contributed by atoms with Crippen LogP contribution in [0.1, 0.15) is 32.3 Å². The molecule has 23 heavy (non-hydrogen) atoms. The number of methoxy groups -OCH3 is 1. The third-order valence-electron chi connectivity index (χ3n) is 3.26. The molecule has 2 heterocycles. The molecule has 7 nitrogen and oxygen atoms in total. The Bertz CT molecular complexity index is 557. The van der Waals surface area contributed by atoms with Crippen LogP contribution in [0.4, 0.5) is 5.82 Å². The number of morpholine rings is 1. The van der Waals surface area contributed by atoms with Crippen LogP contribution in [0.2, 0.25) is 0 Å². The maximum absolute atomic E-state index is 12.5. The summed E-state index contributed by atoms with van der Waals surface area (Å²) < 4.78 is 16.1. The molecule has 2 rings (SSSR count). The minimum absolute atomic E-state index is 0.289. The zero-order valence-corrected chi connectivity index (χ0v) is 14.5. The van der Waals surface area contributed by atoms with Gasteiger partial charge in [0.15, 0.2) is 11.9 Å². The molecule has 0 radical (unpaired) electrons. The first-order valence-electron chi connectivity index (χ1n) is 7.71. The zero-order chi connectivity index (χ0) is 17.0. The lowest BCUT2D eigenvalue weighted by molar-refractivity contribution is -0.159. The first-order valence-corrected chi connectivity index (χ1v) is 7.71. The van der Waals surface area contributed by atoms with Gasteiger partial charge in [-0.25, -0.2) is 14.8 Å². The Kier molecular flexibility index (Phi) is 5.54. The molecule has 1 atom stereocenters. The molecule has 1 aromatic rings. The van der Waals surface area contributed by atoms with Crippen molar-refractivity contribution in [2.24, 2.45) is 0 Å². The second-order valence-corrected chi connectivity index (χ2v) is 6.53. The average Bonchev–Trinajstić information content (AvgIpc) is 2.45. The number of ether oxygens (including phenoxy) is 3. The lowest BCUT2D eigenvalue weighted by Crippen LogP contribution is -2.52. The van der Waals surface area contributed by atoms with Crippen molar-refractivity contribution in [2.45, 2.75) is 45.9 Å². The van der Waals surface area contributed by atoms with Crippen LogP contribution in [-0.2, 0) is 25.6 Å². The highest BCUT2D eigenvalue weighted by Gasteiger charge is 2.34. The van der Waals surface area contributed by atoms with Crippen LogP contribution < -0.4 is 4.90 Å². The molecular formula is C16H25N3O4. The molecule has 0 bridgehead atoms. The van der Waals surface area contributed by atoms with Crippen LogP contribution in [0.5, 0.6) is 0 Å². The Labute approximate surface area is 137 Å². The monoisotopic (exact) mass is 323 g/mol. The fraction of sp³-hybridized carbons (Fsp3) is 0.688. The van der Waals surface area contributed by atoms with E-state index >= 15 is 0 Å². The number of anilines is 1. The third kappa shape index (κ3) is 4.87. The molecule has 128 valence electrons. The number of aryl methyl sites for hydroxylation is 1. The van der Waals surface area contributed by atoms with Crippen molar-refractivity contribution in [3.63, 3.8) is 0 Å². The van der Waals surface area contributed by atoms with Crippen molar-refractivity contribution >= 4 is 11.8 Å². The minimum Gasteiger partial charge on any atom is -0.458 e. The number of carbonyl (C=O) groups excluding carboxylic acids is 1. The predicted octanol–water partition coefficient (Wildman–Crippen LogP) is 1.48. The molecule has 1 aromatic heterocycles. The van der Waals surface area contributed by atoms with Gasteiger partial charge in [-0.15, -0.1) is 0 Å². The van der Waals surface area contributed by atoms with Gasteiger partial charge in [-0.3, -0.25) is 0 Å². The smallest absolute Gasteiger partial charge is 0.331 e. The van der Waals surface area contributed by atoms with E-state index in [0.29, 0.717) is 31.4 Å². The summed E-state index contributed by atoms with van der Waals surface area (Å²) in [5.74, 6) is 0.988. The molecule has 1 saturated heterocycles. The van der Waals surface area contributed by atoms with Crippen molar-refractivity contribution in [1.29, 1.82) is 0 Å². The standard InChI is InChI=1S/C16H25N3O4/c1-11-8-14(18-13(17-11)10-21-5)19-6-7-22-9-12(19)15(20)23-16(2,3)4/h8,12H,6-7,9-10H2,1-5H3. The van der Waals surface area contributed by atoms with Crippen molar-refractivity contribution in [2.75, 3.05) is 31.8 Å². The van der Waals surface area contributed by atoms with Crippen LogP contribution in [0, 0.1) is 6.92 Å². The molecule has 0 aliphatic carbocycles. The molecule has 1 fully saturated rings. The number of hydrogen-bond acceptors (Lipinski definition) is 7. The van der Waals surface area contributed by atoms with E-state index in [1.54, 1.807) is 7.11 Å².